The second-order valence-electron chi connectivity index (χ2n) is 2.96. The molecule has 1 aromatic heterocycles. The lowest BCUT2D eigenvalue weighted by molar-refractivity contribution is 1.07. The second kappa shape index (κ2) is 3.75. The smallest absolute Gasteiger partial charge is 0.111 e. The normalized spacial score (nSPS) is 10.7. The number of allylic oxidation sites excluding steroid dienone is 1. The summed E-state index contributed by atoms with van der Waals surface area (Å²) in [5, 5.41) is 0.675. The van der Waals surface area contributed by atoms with E-state index in [2.05, 4.69) is 32.5 Å². The van der Waals surface area contributed by atoms with Crippen LogP contribution < -0.4 is 0 Å². The van der Waals surface area contributed by atoms with Crippen molar-refractivity contribution >= 4 is 38.6 Å². The van der Waals surface area contributed by atoms with Crippen LogP contribution in [0.25, 0.3) is 11.0 Å². The van der Waals surface area contributed by atoms with Gasteiger partial charge < -0.3 is 4.98 Å². The number of hydrogen-bond donors (Lipinski definition) is 1. The average molecular weight is 272 g/mol. The summed E-state index contributed by atoms with van der Waals surface area (Å²) in [5.41, 5.74) is 1.87. The van der Waals surface area contributed by atoms with Crippen LogP contribution >= 0.6 is 27.5 Å². The summed E-state index contributed by atoms with van der Waals surface area (Å²) in [6.07, 6.45) is 2.55. The van der Waals surface area contributed by atoms with Gasteiger partial charge in [0.2, 0.25) is 0 Å². The highest BCUT2D eigenvalue weighted by Crippen LogP contribution is 2.26. The maximum absolute atomic E-state index is 5.95. The molecule has 0 fully saturated rings. The summed E-state index contributed by atoms with van der Waals surface area (Å²) in [4.78, 5) is 7.57. The molecule has 0 aliphatic rings. The summed E-state index contributed by atoms with van der Waals surface area (Å²) in [6, 6.07) is 3.77. The topological polar surface area (TPSA) is 28.7 Å². The van der Waals surface area contributed by atoms with Crippen LogP contribution in [0.4, 0.5) is 0 Å². The summed E-state index contributed by atoms with van der Waals surface area (Å²) in [6.45, 7) is 3.67. The minimum absolute atomic E-state index is 0.675. The van der Waals surface area contributed by atoms with Gasteiger partial charge in [0.1, 0.15) is 5.82 Å². The summed E-state index contributed by atoms with van der Waals surface area (Å²) >= 11 is 9.32. The number of rotatable bonds is 2. The fourth-order valence-corrected chi connectivity index (χ4v) is 1.79. The van der Waals surface area contributed by atoms with Crippen LogP contribution in [0, 0.1) is 0 Å². The highest BCUT2D eigenvalue weighted by Gasteiger charge is 2.04. The van der Waals surface area contributed by atoms with E-state index in [-0.39, 0.29) is 0 Å². The van der Waals surface area contributed by atoms with Gasteiger partial charge in [-0.05, 0) is 28.1 Å². The van der Waals surface area contributed by atoms with Crippen molar-refractivity contribution in [1.82, 2.24) is 9.97 Å². The minimum atomic E-state index is 0.675. The van der Waals surface area contributed by atoms with Gasteiger partial charge in [0.15, 0.2) is 0 Å². The van der Waals surface area contributed by atoms with E-state index in [1.807, 2.05) is 18.2 Å². The monoisotopic (exact) mass is 270 g/mol. The van der Waals surface area contributed by atoms with Gasteiger partial charge >= 0.3 is 0 Å². The Morgan fingerprint density at radius 3 is 3.07 bits per heavy atom. The maximum Gasteiger partial charge on any atom is 0.111 e. The Morgan fingerprint density at radius 1 is 1.57 bits per heavy atom. The number of benzene rings is 1. The molecule has 1 N–H and O–H groups in total. The molecular weight excluding hydrogens is 263 g/mol. The van der Waals surface area contributed by atoms with Crippen LogP contribution in [0.15, 0.2) is 29.3 Å². The van der Waals surface area contributed by atoms with E-state index in [1.165, 1.54) is 0 Å². The van der Waals surface area contributed by atoms with Crippen LogP contribution in [0.1, 0.15) is 5.82 Å². The lowest BCUT2D eigenvalue weighted by atomic mass is 10.3. The Morgan fingerprint density at radius 2 is 2.36 bits per heavy atom. The van der Waals surface area contributed by atoms with Crippen molar-refractivity contribution in [3.05, 3.63) is 40.1 Å². The largest absolute Gasteiger partial charge is 0.342 e. The number of hydrogen-bond acceptors (Lipinski definition) is 1. The van der Waals surface area contributed by atoms with Crippen LogP contribution in [0.3, 0.4) is 0 Å². The van der Waals surface area contributed by atoms with E-state index in [0.29, 0.717) is 5.02 Å². The molecular formula is C10H8BrClN2. The van der Waals surface area contributed by atoms with Crippen molar-refractivity contribution in [2.24, 2.45) is 0 Å². The number of imidazole rings is 1. The Bertz CT molecular complexity index is 451. The van der Waals surface area contributed by atoms with Gasteiger partial charge in [0.05, 0.1) is 16.1 Å². The molecule has 0 amide bonds. The van der Waals surface area contributed by atoms with Gasteiger partial charge in [-0.1, -0.05) is 17.7 Å². The number of nitrogens with zero attached hydrogens (tertiary/aromatic N) is 1. The van der Waals surface area contributed by atoms with Crippen molar-refractivity contribution in [3.8, 4) is 0 Å². The molecule has 0 aliphatic carbocycles. The quantitative estimate of drug-likeness (QED) is 0.829. The minimum Gasteiger partial charge on any atom is -0.342 e. The third kappa shape index (κ3) is 1.70. The highest BCUT2D eigenvalue weighted by molar-refractivity contribution is 9.10. The van der Waals surface area contributed by atoms with Gasteiger partial charge in [-0.15, -0.1) is 6.58 Å². The van der Waals surface area contributed by atoms with Crippen LogP contribution in [0.5, 0.6) is 0 Å². The number of H-pyrrole nitrogens is 1. The lowest BCUT2D eigenvalue weighted by Crippen LogP contribution is -1.81. The summed E-state index contributed by atoms with van der Waals surface area (Å²) in [7, 11) is 0. The molecule has 0 bridgehead atoms. The zero-order valence-electron chi connectivity index (χ0n) is 7.35. The van der Waals surface area contributed by atoms with E-state index in [1.54, 1.807) is 0 Å². The standard InChI is InChI=1S/C10H8BrClN2/c1-2-3-10-13-8-4-6(11)7(12)5-9(8)14-10/h2,4-5H,1,3H2,(H,13,14). The molecule has 1 aromatic carbocycles. The Hall–Kier alpha value is -0.800. The molecule has 0 saturated heterocycles. The van der Waals surface area contributed by atoms with Gasteiger partial charge in [-0.2, -0.15) is 0 Å². The molecule has 14 heavy (non-hydrogen) atoms. The summed E-state index contributed by atoms with van der Waals surface area (Å²) in [5.74, 6) is 0.907. The van der Waals surface area contributed by atoms with Crippen molar-refractivity contribution in [3.63, 3.8) is 0 Å². The zero-order chi connectivity index (χ0) is 10.1. The van der Waals surface area contributed by atoms with E-state index in [0.717, 1.165) is 27.8 Å². The molecule has 72 valence electrons. The second-order valence-corrected chi connectivity index (χ2v) is 4.22. The van der Waals surface area contributed by atoms with Gasteiger partial charge in [-0.3, -0.25) is 0 Å². The van der Waals surface area contributed by atoms with Crippen molar-refractivity contribution < 1.29 is 0 Å². The van der Waals surface area contributed by atoms with Crippen molar-refractivity contribution in [2.45, 2.75) is 6.42 Å². The SMILES string of the molecule is C=CCc1nc2cc(Cl)c(Br)cc2[nH]1. The number of aromatic nitrogens is 2. The van der Waals surface area contributed by atoms with Crippen molar-refractivity contribution in [1.29, 1.82) is 0 Å². The number of aromatic amines is 1. The van der Waals surface area contributed by atoms with Crippen LogP contribution in [-0.4, -0.2) is 9.97 Å². The van der Waals surface area contributed by atoms with Gasteiger partial charge in [0, 0.05) is 10.9 Å². The first kappa shape index (κ1) is 9.74. The van der Waals surface area contributed by atoms with Crippen LogP contribution in [-0.2, 0) is 6.42 Å². The third-order valence-electron chi connectivity index (χ3n) is 1.91. The van der Waals surface area contributed by atoms with E-state index in [4.69, 9.17) is 11.6 Å². The molecule has 4 heteroatoms. The summed E-state index contributed by atoms with van der Waals surface area (Å²) < 4.78 is 0.875. The molecule has 2 aromatic rings. The van der Waals surface area contributed by atoms with E-state index < -0.39 is 0 Å². The fraction of sp³-hybridized carbons (Fsp3) is 0.100. The van der Waals surface area contributed by atoms with Crippen molar-refractivity contribution in [2.75, 3.05) is 0 Å². The third-order valence-corrected chi connectivity index (χ3v) is 3.11. The van der Waals surface area contributed by atoms with E-state index in [9.17, 15) is 0 Å². The zero-order valence-corrected chi connectivity index (χ0v) is 9.69. The number of halogens is 2. The Kier molecular flexibility index (Phi) is 2.61. The highest BCUT2D eigenvalue weighted by atomic mass is 79.9. The first-order chi connectivity index (χ1) is 6.70. The number of nitrogens with one attached hydrogen (secondary N) is 1. The molecule has 0 saturated carbocycles. The molecule has 2 nitrogen and oxygen atoms in total. The predicted molar refractivity (Wildman–Crippen MR) is 62.7 cm³/mol. The van der Waals surface area contributed by atoms with Gasteiger partial charge in [0.25, 0.3) is 0 Å². The maximum atomic E-state index is 5.95. The Labute approximate surface area is 95.1 Å². The predicted octanol–water partition coefficient (Wildman–Crippen LogP) is 3.71. The molecule has 0 radical (unpaired) electrons. The average Bonchev–Trinajstić information content (AvgIpc) is 2.48. The van der Waals surface area contributed by atoms with E-state index >= 15 is 0 Å². The van der Waals surface area contributed by atoms with Gasteiger partial charge in [-0.25, -0.2) is 4.98 Å². The lowest BCUT2D eigenvalue weighted by Gasteiger charge is -1.93. The number of fused-ring (bicyclic) bond motifs is 1. The molecule has 0 unspecified atom stereocenters. The molecule has 0 atom stereocenters. The molecule has 0 aliphatic heterocycles. The first-order valence-electron chi connectivity index (χ1n) is 4.15. The fourth-order valence-electron chi connectivity index (χ4n) is 1.29. The van der Waals surface area contributed by atoms with Crippen LogP contribution in [0.2, 0.25) is 5.02 Å². The first-order valence-corrected chi connectivity index (χ1v) is 5.32. The Balaban J connectivity index is 2.59. The molecule has 1 heterocycles. The molecule has 2 rings (SSSR count). The molecule has 0 spiro atoms.